The van der Waals surface area contributed by atoms with E-state index >= 15 is 0 Å². The maximum absolute atomic E-state index is 13.2. The van der Waals surface area contributed by atoms with E-state index < -0.39 is 6.10 Å². The topological polar surface area (TPSA) is 20.2 Å². The van der Waals surface area contributed by atoms with Gasteiger partial charge in [-0.3, -0.25) is 0 Å². The maximum Gasteiger partial charge on any atom is 0.129 e. The van der Waals surface area contributed by atoms with E-state index in [-0.39, 0.29) is 11.2 Å². The molecule has 0 saturated carbocycles. The Bertz CT molecular complexity index is 288. The van der Waals surface area contributed by atoms with Crippen LogP contribution in [0.3, 0.4) is 0 Å². The summed E-state index contributed by atoms with van der Waals surface area (Å²) in [6.07, 6.45) is -0.756. The number of hydrogen-bond acceptors (Lipinski definition) is 1. The molecule has 0 aliphatic heterocycles. The highest BCUT2D eigenvalue weighted by molar-refractivity contribution is 5.21. The third-order valence-corrected chi connectivity index (χ3v) is 2.02. The smallest absolute Gasteiger partial charge is 0.129 e. The first-order valence-corrected chi connectivity index (χ1v) is 4.35. The second-order valence-corrected chi connectivity index (χ2v) is 4.29. The summed E-state index contributed by atoms with van der Waals surface area (Å²) in [4.78, 5) is 0. The summed E-state index contributed by atoms with van der Waals surface area (Å²) in [6.45, 7) is 5.64. The van der Waals surface area contributed by atoms with Gasteiger partial charge in [0, 0.05) is 5.56 Å². The van der Waals surface area contributed by atoms with Gasteiger partial charge >= 0.3 is 0 Å². The van der Waals surface area contributed by atoms with Crippen molar-refractivity contribution in [2.45, 2.75) is 26.9 Å². The van der Waals surface area contributed by atoms with E-state index in [1.807, 2.05) is 20.8 Å². The van der Waals surface area contributed by atoms with Gasteiger partial charge in [-0.25, -0.2) is 4.39 Å². The molecule has 0 heterocycles. The monoisotopic (exact) mass is 182 g/mol. The predicted molar refractivity (Wildman–Crippen MR) is 50.8 cm³/mol. The fourth-order valence-electron chi connectivity index (χ4n) is 1.16. The molecule has 1 aromatic carbocycles. The Hall–Kier alpha value is -0.890. The van der Waals surface area contributed by atoms with Crippen molar-refractivity contribution >= 4 is 0 Å². The number of aliphatic hydroxyl groups excluding tert-OH is 1. The minimum absolute atomic E-state index is 0.331. The third kappa shape index (κ3) is 2.28. The molecule has 2 heteroatoms. The highest BCUT2D eigenvalue weighted by Gasteiger charge is 2.25. The van der Waals surface area contributed by atoms with Crippen molar-refractivity contribution in [3.63, 3.8) is 0 Å². The van der Waals surface area contributed by atoms with Gasteiger partial charge in [-0.1, -0.05) is 39.0 Å². The van der Waals surface area contributed by atoms with E-state index in [0.717, 1.165) is 0 Å². The molecule has 0 radical (unpaired) electrons. The lowest BCUT2D eigenvalue weighted by Crippen LogP contribution is -2.18. The van der Waals surface area contributed by atoms with Gasteiger partial charge in [0.05, 0.1) is 6.10 Å². The van der Waals surface area contributed by atoms with Gasteiger partial charge in [0.2, 0.25) is 0 Å². The Morgan fingerprint density at radius 3 is 2.23 bits per heavy atom. The first-order valence-electron chi connectivity index (χ1n) is 4.35. The molecule has 0 aromatic heterocycles. The zero-order valence-corrected chi connectivity index (χ0v) is 8.21. The second kappa shape index (κ2) is 3.46. The Labute approximate surface area is 78.2 Å². The van der Waals surface area contributed by atoms with Crippen LogP contribution in [-0.2, 0) is 0 Å². The molecule has 1 nitrogen and oxygen atoms in total. The van der Waals surface area contributed by atoms with Crippen molar-refractivity contribution in [2.75, 3.05) is 0 Å². The standard InChI is InChI=1S/C11H15FO/c1-11(2,3)10(13)8-6-4-5-7-9(8)12/h4-7,10,13H,1-3H3. The van der Waals surface area contributed by atoms with E-state index in [0.29, 0.717) is 5.56 Å². The number of benzene rings is 1. The van der Waals surface area contributed by atoms with E-state index in [4.69, 9.17) is 0 Å². The summed E-state index contributed by atoms with van der Waals surface area (Å²) < 4.78 is 13.2. The summed E-state index contributed by atoms with van der Waals surface area (Å²) in [5.74, 6) is -0.343. The van der Waals surface area contributed by atoms with E-state index in [1.54, 1.807) is 18.2 Å². The molecule has 0 amide bonds. The SMILES string of the molecule is CC(C)(C)C(O)c1ccccc1F. The van der Waals surface area contributed by atoms with Crippen molar-refractivity contribution in [2.24, 2.45) is 5.41 Å². The highest BCUT2D eigenvalue weighted by Crippen LogP contribution is 2.33. The number of rotatable bonds is 1. The molecule has 0 bridgehead atoms. The van der Waals surface area contributed by atoms with Crippen LogP contribution >= 0.6 is 0 Å². The zero-order valence-electron chi connectivity index (χ0n) is 8.21. The van der Waals surface area contributed by atoms with Crippen LogP contribution in [0, 0.1) is 11.2 Å². The molecule has 0 saturated heterocycles. The summed E-state index contributed by atoms with van der Waals surface area (Å²) >= 11 is 0. The summed E-state index contributed by atoms with van der Waals surface area (Å²) in [5.41, 5.74) is 0.0392. The molecule has 0 spiro atoms. The quantitative estimate of drug-likeness (QED) is 0.708. The van der Waals surface area contributed by atoms with E-state index in [9.17, 15) is 9.50 Å². The highest BCUT2D eigenvalue weighted by atomic mass is 19.1. The van der Waals surface area contributed by atoms with Crippen LogP contribution < -0.4 is 0 Å². The van der Waals surface area contributed by atoms with Crippen LogP contribution in [0.2, 0.25) is 0 Å². The lowest BCUT2D eigenvalue weighted by atomic mass is 9.85. The van der Waals surface area contributed by atoms with Gasteiger partial charge in [-0.2, -0.15) is 0 Å². The van der Waals surface area contributed by atoms with Gasteiger partial charge in [0.25, 0.3) is 0 Å². The molecule has 1 atom stereocenters. The second-order valence-electron chi connectivity index (χ2n) is 4.29. The maximum atomic E-state index is 13.2. The van der Waals surface area contributed by atoms with Gasteiger partial charge in [0.15, 0.2) is 0 Å². The molecule has 0 aliphatic carbocycles. The normalized spacial score (nSPS) is 14.2. The molecule has 72 valence electrons. The Balaban J connectivity index is 3.02. The zero-order chi connectivity index (χ0) is 10.1. The van der Waals surface area contributed by atoms with Crippen LogP contribution in [-0.4, -0.2) is 5.11 Å². The Morgan fingerprint density at radius 2 is 1.77 bits per heavy atom. The number of hydrogen-bond donors (Lipinski definition) is 1. The Kier molecular flexibility index (Phi) is 2.71. The predicted octanol–water partition coefficient (Wildman–Crippen LogP) is 2.91. The Morgan fingerprint density at radius 1 is 1.23 bits per heavy atom. The third-order valence-electron chi connectivity index (χ3n) is 2.02. The van der Waals surface area contributed by atoms with Gasteiger partial charge in [-0.05, 0) is 11.5 Å². The average Bonchev–Trinajstić information content (AvgIpc) is 2.02. The van der Waals surface area contributed by atoms with Crippen LogP contribution in [0.25, 0.3) is 0 Å². The largest absolute Gasteiger partial charge is 0.388 e. The first kappa shape index (κ1) is 10.2. The molecular formula is C11H15FO. The fourth-order valence-corrected chi connectivity index (χ4v) is 1.16. The van der Waals surface area contributed by atoms with Gasteiger partial charge in [-0.15, -0.1) is 0 Å². The average molecular weight is 182 g/mol. The molecular weight excluding hydrogens is 167 g/mol. The minimum atomic E-state index is -0.756. The van der Waals surface area contributed by atoms with Crippen LogP contribution in [0.1, 0.15) is 32.4 Å². The van der Waals surface area contributed by atoms with Crippen molar-refractivity contribution in [1.82, 2.24) is 0 Å². The summed E-state index contributed by atoms with van der Waals surface area (Å²) in [5, 5.41) is 9.80. The lowest BCUT2D eigenvalue weighted by Gasteiger charge is -2.26. The molecule has 0 aliphatic rings. The lowest BCUT2D eigenvalue weighted by molar-refractivity contribution is 0.0595. The minimum Gasteiger partial charge on any atom is -0.388 e. The van der Waals surface area contributed by atoms with Crippen molar-refractivity contribution < 1.29 is 9.50 Å². The van der Waals surface area contributed by atoms with Crippen molar-refractivity contribution in [3.05, 3.63) is 35.6 Å². The van der Waals surface area contributed by atoms with E-state index in [1.165, 1.54) is 6.07 Å². The first-order chi connectivity index (χ1) is 5.93. The molecule has 1 unspecified atom stereocenters. The number of aliphatic hydroxyl groups is 1. The molecule has 1 N–H and O–H groups in total. The molecule has 0 fully saturated rings. The molecule has 1 rings (SSSR count). The molecule has 13 heavy (non-hydrogen) atoms. The van der Waals surface area contributed by atoms with Crippen molar-refractivity contribution in [1.29, 1.82) is 0 Å². The summed E-state index contributed by atoms with van der Waals surface area (Å²) in [6, 6.07) is 6.33. The van der Waals surface area contributed by atoms with Crippen LogP contribution in [0.15, 0.2) is 24.3 Å². The molecule has 1 aromatic rings. The van der Waals surface area contributed by atoms with E-state index in [2.05, 4.69) is 0 Å². The van der Waals surface area contributed by atoms with Gasteiger partial charge < -0.3 is 5.11 Å². The van der Waals surface area contributed by atoms with Crippen LogP contribution in [0.5, 0.6) is 0 Å². The fraction of sp³-hybridized carbons (Fsp3) is 0.455. The number of halogens is 1. The van der Waals surface area contributed by atoms with Gasteiger partial charge in [0.1, 0.15) is 5.82 Å². The van der Waals surface area contributed by atoms with Crippen molar-refractivity contribution in [3.8, 4) is 0 Å². The van der Waals surface area contributed by atoms with Crippen LogP contribution in [0.4, 0.5) is 4.39 Å². The summed E-state index contributed by atoms with van der Waals surface area (Å²) in [7, 11) is 0.